The third kappa shape index (κ3) is 4.09. The molecule has 1 saturated carbocycles. The molecule has 2 rings (SSSR count). The molecule has 1 heterocycles. The second-order valence-corrected chi connectivity index (χ2v) is 6.72. The van der Waals surface area contributed by atoms with Gasteiger partial charge in [-0.1, -0.05) is 0 Å². The number of halogens is 3. The standard InChI is InChI=1S/C14H25F3N2O/c1-13(2,15)9-19-7-5-10(8-19)20-11-4-3-6-14(16,17)12(11)18/h10-12H,3-9,18H2,1-2H3/t10-,11-,12+/m0/s1. The lowest BCUT2D eigenvalue weighted by Gasteiger charge is -2.36. The minimum Gasteiger partial charge on any atom is -0.372 e. The molecule has 0 spiro atoms. The van der Waals surface area contributed by atoms with E-state index in [1.54, 1.807) is 13.8 Å². The first-order valence-electron chi connectivity index (χ1n) is 7.37. The summed E-state index contributed by atoms with van der Waals surface area (Å²) < 4.78 is 46.5. The number of nitrogens with zero attached hydrogens (tertiary/aromatic N) is 1. The molecule has 2 N–H and O–H groups in total. The lowest BCUT2D eigenvalue weighted by atomic mass is 9.89. The predicted molar refractivity (Wildman–Crippen MR) is 71.7 cm³/mol. The number of rotatable bonds is 4. The summed E-state index contributed by atoms with van der Waals surface area (Å²) in [4.78, 5) is 1.98. The van der Waals surface area contributed by atoms with Crippen LogP contribution in [0.5, 0.6) is 0 Å². The first-order chi connectivity index (χ1) is 9.17. The maximum atomic E-state index is 13.6. The van der Waals surface area contributed by atoms with Crippen molar-refractivity contribution < 1.29 is 17.9 Å². The van der Waals surface area contributed by atoms with Gasteiger partial charge in [0, 0.05) is 26.1 Å². The van der Waals surface area contributed by atoms with Crippen molar-refractivity contribution in [2.75, 3.05) is 19.6 Å². The van der Waals surface area contributed by atoms with Gasteiger partial charge in [-0.25, -0.2) is 13.2 Å². The first-order valence-corrected chi connectivity index (χ1v) is 7.37. The summed E-state index contributed by atoms with van der Waals surface area (Å²) in [5.74, 6) is -2.83. The fourth-order valence-corrected chi connectivity index (χ4v) is 3.14. The zero-order valence-electron chi connectivity index (χ0n) is 12.2. The molecule has 118 valence electrons. The van der Waals surface area contributed by atoms with Crippen LogP contribution in [0.1, 0.15) is 39.5 Å². The van der Waals surface area contributed by atoms with Gasteiger partial charge in [0.25, 0.3) is 5.92 Å². The molecule has 0 aromatic carbocycles. The molecule has 0 unspecified atom stereocenters. The van der Waals surface area contributed by atoms with Crippen molar-refractivity contribution >= 4 is 0 Å². The Bertz CT molecular complexity index is 333. The van der Waals surface area contributed by atoms with Gasteiger partial charge in [0.05, 0.1) is 18.2 Å². The average molecular weight is 294 g/mol. The topological polar surface area (TPSA) is 38.5 Å². The lowest BCUT2D eigenvalue weighted by molar-refractivity contribution is -0.130. The van der Waals surface area contributed by atoms with E-state index in [0.717, 1.165) is 13.0 Å². The lowest BCUT2D eigenvalue weighted by Crippen LogP contribution is -2.54. The predicted octanol–water partition coefficient (Wildman–Crippen LogP) is 2.34. The molecule has 3 nitrogen and oxygen atoms in total. The highest BCUT2D eigenvalue weighted by Crippen LogP contribution is 2.35. The van der Waals surface area contributed by atoms with Crippen molar-refractivity contribution in [3.63, 3.8) is 0 Å². The molecule has 0 radical (unpaired) electrons. The van der Waals surface area contributed by atoms with Crippen LogP contribution in [0.2, 0.25) is 0 Å². The van der Waals surface area contributed by atoms with Crippen LogP contribution in [0.3, 0.4) is 0 Å². The average Bonchev–Trinajstić information content (AvgIpc) is 2.70. The quantitative estimate of drug-likeness (QED) is 0.865. The van der Waals surface area contributed by atoms with E-state index >= 15 is 0 Å². The van der Waals surface area contributed by atoms with Gasteiger partial charge in [-0.2, -0.15) is 0 Å². The molecule has 0 aromatic heterocycles. The molecule has 2 fully saturated rings. The summed E-state index contributed by atoms with van der Waals surface area (Å²) in [6.45, 7) is 4.77. The van der Waals surface area contributed by atoms with Crippen molar-refractivity contribution in [3.8, 4) is 0 Å². The van der Waals surface area contributed by atoms with E-state index in [1.807, 2.05) is 4.90 Å². The van der Waals surface area contributed by atoms with Crippen molar-refractivity contribution in [1.82, 2.24) is 4.90 Å². The molecule has 2 aliphatic rings. The Morgan fingerprint density at radius 2 is 2.05 bits per heavy atom. The van der Waals surface area contributed by atoms with Crippen molar-refractivity contribution in [3.05, 3.63) is 0 Å². The Labute approximate surface area is 118 Å². The zero-order chi connectivity index (χ0) is 15.0. The molecule has 1 saturated heterocycles. The summed E-state index contributed by atoms with van der Waals surface area (Å²) in [7, 11) is 0. The SMILES string of the molecule is CC(C)(F)CN1CC[C@H](O[C@H]2CCCC(F)(F)[C@@H]2N)C1. The summed E-state index contributed by atoms with van der Waals surface area (Å²) in [5, 5.41) is 0. The van der Waals surface area contributed by atoms with Gasteiger partial charge in [0.1, 0.15) is 5.67 Å². The van der Waals surface area contributed by atoms with Crippen LogP contribution in [0.15, 0.2) is 0 Å². The molecule has 3 atom stereocenters. The third-order valence-electron chi connectivity index (χ3n) is 4.08. The maximum absolute atomic E-state index is 13.6. The molecule has 0 amide bonds. The molecule has 0 aromatic rings. The van der Waals surface area contributed by atoms with Crippen LogP contribution in [-0.4, -0.2) is 54.4 Å². The van der Waals surface area contributed by atoms with Gasteiger partial charge < -0.3 is 10.5 Å². The Kier molecular flexibility index (Phi) is 4.66. The fourth-order valence-electron chi connectivity index (χ4n) is 3.14. The van der Waals surface area contributed by atoms with E-state index in [2.05, 4.69) is 0 Å². The number of alkyl halides is 3. The highest BCUT2D eigenvalue weighted by atomic mass is 19.3. The normalized spacial score (nSPS) is 35.4. The van der Waals surface area contributed by atoms with E-state index in [4.69, 9.17) is 10.5 Å². The molecule has 20 heavy (non-hydrogen) atoms. The Morgan fingerprint density at radius 1 is 1.35 bits per heavy atom. The maximum Gasteiger partial charge on any atom is 0.265 e. The Balaban J connectivity index is 1.83. The summed E-state index contributed by atoms with van der Waals surface area (Å²) in [6.07, 6.45) is 0.941. The highest BCUT2D eigenvalue weighted by molar-refractivity contribution is 4.93. The van der Waals surface area contributed by atoms with Crippen LogP contribution in [0, 0.1) is 0 Å². The van der Waals surface area contributed by atoms with Crippen LogP contribution in [0.25, 0.3) is 0 Å². The number of nitrogens with two attached hydrogens (primary N) is 1. The van der Waals surface area contributed by atoms with Gasteiger partial charge in [-0.05, 0) is 33.1 Å². The monoisotopic (exact) mass is 294 g/mol. The van der Waals surface area contributed by atoms with Gasteiger partial charge >= 0.3 is 0 Å². The van der Waals surface area contributed by atoms with E-state index in [-0.39, 0.29) is 12.5 Å². The smallest absolute Gasteiger partial charge is 0.265 e. The largest absolute Gasteiger partial charge is 0.372 e. The number of ether oxygens (including phenoxy) is 1. The van der Waals surface area contributed by atoms with Crippen molar-refractivity contribution in [2.24, 2.45) is 5.73 Å². The Morgan fingerprint density at radius 3 is 2.70 bits per heavy atom. The van der Waals surface area contributed by atoms with Crippen molar-refractivity contribution in [1.29, 1.82) is 0 Å². The van der Waals surface area contributed by atoms with Crippen LogP contribution >= 0.6 is 0 Å². The molecule has 1 aliphatic heterocycles. The van der Waals surface area contributed by atoms with Crippen LogP contribution in [0.4, 0.5) is 13.2 Å². The van der Waals surface area contributed by atoms with Gasteiger partial charge in [-0.3, -0.25) is 4.90 Å². The van der Waals surface area contributed by atoms with Crippen LogP contribution in [-0.2, 0) is 4.74 Å². The minimum atomic E-state index is -2.83. The van der Waals surface area contributed by atoms with Crippen LogP contribution < -0.4 is 5.73 Å². The molecular weight excluding hydrogens is 269 g/mol. The summed E-state index contributed by atoms with van der Waals surface area (Å²) in [6, 6.07) is -1.22. The van der Waals surface area contributed by atoms with E-state index in [0.29, 0.717) is 25.9 Å². The number of hydrogen-bond donors (Lipinski definition) is 1. The third-order valence-corrected chi connectivity index (χ3v) is 4.08. The van der Waals surface area contributed by atoms with E-state index in [1.165, 1.54) is 0 Å². The van der Waals surface area contributed by atoms with Gasteiger partial charge in [0.15, 0.2) is 0 Å². The molecule has 6 heteroatoms. The van der Waals surface area contributed by atoms with E-state index in [9.17, 15) is 13.2 Å². The van der Waals surface area contributed by atoms with E-state index < -0.39 is 23.7 Å². The Hall–Kier alpha value is -0.330. The summed E-state index contributed by atoms with van der Waals surface area (Å²) in [5.41, 5.74) is 4.38. The zero-order valence-corrected chi connectivity index (χ0v) is 12.2. The minimum absolute atomic E-state index is 0.109. The second kappa shape index (κ2) is 5.81. The first kappa shape index (κ1) is 16.0. The highest BCUT2D eigenvalue weighted by Gasteiger charge is 2.46. The fraction of sp³-hybridized carbons (Fsp3) is 1.00. The van der Waals surface area contributed by atoms with Crippen molar-refractivity contribution in [2.45, 2.75) is 69.4 Å². The van der Waals surface area contributed by atoms with Gasteiger partial charge in [-0.15, -0.1) is 0 Å². The molecule has 0 bridgehead atoms. The number of likely N-dealkylation sites (tertiary alicyclic amines) is 1. The number of hydrogen-bond acceptors (Lipinski definition) is 3. The van der Waals surface area contributed by atoms with Gasteiger partial charge in [0.2, 0.25) is 0 Å². The summed E-state index contributed by atoms with van der Waals surface area (Å²) >= 11 is 0. The molecular formula is C14H25F3N2O. The molecule has 1 aliphatic carbocycles. The second-order valence-electron chi connectivity index (χ2n) is 6.72.